The van der Waals surface area contributed by atoms with Crippen LogP contribution in [0.25, 0.3) is 6.08 Å². The van der Waals surface area contributed by atoms with Crippen LogP contribution in [0.2, 0.25) is 0 Å². The fraction of sp³-hybridized carbons (Fsp3) is 0.250. The second kappa shape index (κ2) is 6.30. The number of benzene rings is 1. The van der Waals surface area contributed by atoms with E-state index < -0.39 is 0 Å². The van der Waals surface area contributed by atoms with Crippen molar-refractivity contribution in [1.82, 2.24) is 0 Å². The Hall–Kier alpha value is -1.22. The number of allylic oxidation sites excluding steroid dienone is 1. The van der Waals surface area contributed by atoms with E-state index in [2.05, 4.69) is 12.6 Å². The zero-order valence-electron chi connectivity index (χ0n) is 8.64. The second-order valence-corrected chi connectivity index (χ2v) is 3.47. The maximum absolute atomic E-state index is 10.8. The second-order valence-electron chi connectivity index (χ2n) is 3.03. The minimum atomic E-state index is 0.672. The van der Waals surface area contributed by atoms with Gasteiger partial charge in [0.25, 0.3) is 0 Å². The van der Waals surface area contributed by atoms with Crippen molar-refractivity contribution in [1.29, 1.82) is 0 Å². The number of ether oxygens (including phenoxy) is 1. The fourth-order valence-electron chi connectivity index (χ4n) is 1.22. The Labute approximate surface area is 95.4 Å². The molecule has 0 N–H and O–H groups in total. The van der Waals surface area contributed by atoms with Crippen LogP contribution in [0.15, 0.2) is 24.3 Å². The molecule has 0 radical (unpaired) electrons. The van der Waals surface area contributed by atoms with Crippen LogP contribution in [0.5, 0.6) is 5.75 Å². The van der Waals surface area contributed by atoms with E-state index in [1.54, 1.807) is 19.2 Å². The van der Waals surface area contributed by atoms with Gasteiger partial charge in [-0.1, -0.05) is 12.2 Å². The number of aldehydes is 1. The third-order valence-corrected chi connectivity index (χ3v) is 2.27. The maximum atomic E-state index is 10.8. The van der Waals surface area contributed by atoms with E-state index in [-0.39, 0.29) is 0 Å². The normalized spacial score (nSPS) is 10.5. The molecule has 0 unspecified atom stereocenters. The minimum absolute atomic E-state index is 0.672. The highest BCUT2D eigenvalue weighted by molar-refractivity contribution is 7.80. The van der Waals surface area contributed by atoms with Gasteiger partial charge < -0.3 is 4.74 Å². The van der Waals surface area contributed by atoms with E-state index in [0.29, 0.717) is 5.56 Å². The van der Waals surface area contributed by atoms with E-state index in [9.17, 15) is 4.79 Å². The summed E-state index contributed by atoms with van der Waals surface area (Å²) >= 11 is 4.11. The number of thiol groups is 1. The average Bonchev–Trinajstić information content (AvgIpc) is 2.29. The van der Waals surface area contributed by atoms with Crippen molar-refractivity contribution < 1.29 is 9.53 Å². The minimum Gasteiger partial charge on any atom is -0.497 e. The van der Waals surface area contributed by atoms with Gasteiger partial charge in [-0.15, -0.1) is 0 Å². The maximum Gasteiger partial charge on any atom is 0.150 e. The van der Waals surface area contributed by atoms with Gasteiger partial charge in [-0.25, -0.2) is 0 Å². The summed E-state index contributed by atoms with van der Waals surface area (Å²) in [6.07, 6.45) is 5.65. The lowest BCUT2D eigenvalue weighted by Crippen LogP contribution is -1.89. The highest BCUT2D eigenvalue weighted by Crippen LogP contribution is 2.18. The molecular weight excluding hydrogens is 208 g/mol. The number of carbonyl (C=O) groups excluding carboxylic acids is 1. The van der Waals surface area contributed by atoms with Gasteiger partial charge in [0, 0.05) is 5.56 Å². The number of hydrogen-bond donors (Lipinski definition) is 1. The van der Waals surface area contributed by atoms with Gasteiger partial charge in [0.1, 0.15) is 5.75 Å². The van der Waals surface area contributed by atoms with Gasteiger partial charge in [-0.05, 0) is 35.9 Å². The van der Waals surface area contributed by atoms with Crippen molar-refractivity contribution in [3.8, 4) is 5.75 Å². The molecule has 0 atom stereocenters. The number of rotatable bonds is 5. The first-order valence-electron chi connectivity index (χ1n) is 4.72. The van der Waals surface area contributed by atoms with Crippen molar-refractivity contribution in [3.05, 3.63) is 35.4 Å². The van der Waals surface area contributed by atoms with Crippen molar-refractivity contribution in [2.75, 3.05) is 12.9 Å². The number of methoxy groups -OCH3 is 1. The molecule has 2 nitrogen and oxygen atoms in total. The smallest absolute Gasteiger partial charge is 0.150 e. The lowest BCUT2D eigenvalue weighted by Gasteiger charge is -2.03. The molecule has 1 aromatic rings. The third kappa shape index (κ3) is 3.44. The van der Waals surface area contributed by atoms with Crippen LogP contribution in [0.4, 0.5) is 0 Å². The van der Waals surface area contributed by atoms with E-state index >= 15 is 0 Å². The topological polar surface area (TPSA) is 26.3 Å². The molecule has 0 aliphatic heterocycles. The van der Waals surface area contributed by atoms with Gasteiger partial charge in [0.15, 0.2) is 6.29 Å². The molecule has 0 aliphatic carbocycles. The number of hydrogen-bond acceptors (Lipinski definition) is 3. The molecule has 0 spiro atoms. The van der Waals surface area contributed by atoms with E-state index in [1.807, 2.05) is 18.2 Å². The van der Waals surface area contributed by atoms with Crippen LogP contribution in [0, 0.1) is 0 Å². The van der Waals surface area contributed by atoms with Gasteiger partial charge in [0.05, 0.1) is 7.11 Å². The van der Waals surface area contributed by atoms with Crippen molar-refractivity contribution in [2.24, 2.45) is 0 Å². The lowest BCUT2D eigenvalue weighted by atomic mass is 10.1. The molecule has 0 saturated heterocycles. The molecule has 1 aromatic carbocycles. The van der Waals surface area contributed by atoms with Crippen molar-refractivity contribution in [3.63, 3.8) is 0 Å². The molecule has 0 aliphatic rings. The standard InChI is InChI=1S/C12H14O2S/c1-14-12-6-5-11(9-13)10(8-12)4-2-3-7-15/h2,4-6,8-9,15H,3,7H2,1H3. The van der Waals surface area contributed by atoms with E-state index in [0.717, 1.165) is 29.8 Å². The zero-order valence-corrected chi connectivity index (χ0v) is 9.54. The summed E-state index contributed by atoms with van der Waals surface area (Å²) in [5, 5.41) is 0. The Morgan fingerprint density at radius 2 is 2.20 bits per heavy atom. The Bertz CT molecular complexity index is 359. The molecule has 80 valence electrons. The van der Waals surface area contributed by atoms with Crippen LogP contribution in [-0.4, -0.2) is 19.1 Å². The summed E-state index contributed by atoms with van der Waals surface area (Å²) in [6.45, 7) is 0. The molecule has 0 heterocycles. The summed E-state index contributed by atoms with van der Waals surface area (Å²) in [5.41, 5.74) is 1.55. The third-order valence-electron chi connectivity index (χ3n) is 2.01. The predicted octanol–water partition coefficient (Wildman–Crippen LogP) is 2.84. The quantitative estimate of drug-likeness (QED) is 0.612. The van der Waals surface area contributed by atoms with Crippen LogP contribution < -0.4 is 4.74 Å². The lowest BCUT2D eigenvalue weighted by molar-refractivity contribution is 0.112. The van der Waals surface area contributed by atoms with Crippen molar-refractivity contribution >= 4 is 25.0 Å². The number of carbonyl (C=O) groups is 1. The zero-order chi connectivity index (χ0) is 11.1. The summed E-state index contributed by atoms with van der Waals surface area (Å²) < 4.78 is 5.10. The van der Waals surface area contributed by atoms with Gasteiger partial charge in [0.2, 0.25) is 0 Å². The largest absolute Gasteiger partial charge is 0.497 e. The summed E-state index contributed by atoms with van der Waals surface area (Å²) in [7, 11) is 1.61. The first-order chi connectivity index (χ1) is 7.31. The average molecular weight is 222 g/mol. The van der Waals surface area contributed by atoms with Gasteiger partial charge in [-0.3, -0.25) is 4.79 Å². The van der Waals surface area contributed by atoms with Crippen molar-refractivity contribution in [2.45, 2.75) is 6.42 Å². The van der Waals surface area contributed by atoms with Crippen LogP contribution >= 0.6 is 12.6 Å². The summed E-state index contributed by atoms with van der Waals surface area (Å²) in [6, 6.07) is 5.38. The fourth-order valence-corrected chi connectivity index (χ4v) is 1.37. The van der Waals surface area contributed by atoms with Crippen LogP contribution in [-0.2, 0) is 0 Å². The van der Waals surface area contributed by atoms with Gasteiger partial charge >= 0.3 is 0 Å². The SMILES string of the molecule is COc1ccc(C=O)c(C=CCCS)c1. The molecule has 0 bridgehead atoms. The van der Waals surface area contributed by atoms with Gasteiger partial charge in [-0.2, -0.15) is 12.6 Å². The summed E-state index contributed by atoms with van der Waals surface area (Å²) in [4.78, 5) is 10.8. The molecule has 0 saturated carbocycles. The Morgan fingerprint density at radius 3 is 2.80 bits per heavy atom. The molecule has 3 heteroatoms. The Morgan fingerprint density at radius 1 is 1.40 bits per heavy atom. The molecule has 0 amide bonds. The molecule has 1 rings (SSSR count). The first-order valence-corrected chi connectivity index (χ1v) is 5.35. The summed E-state index contributed by atoms with van der Waals surface area (Å²) in [5.74, 6) is 1.56. The Balaban J connectivity index is 2.95. The van der Waals surface area contributed by atoms with E-state index in [4.69, 9.17) is 4.74 Å². The molecule has 15 heavy (non-hydrogen) atoms. The predicted molar refractivity (Wildman–Crippen MR) is 65.9 cm³/mol. The van der Waals surface area contributed by atoms with Crippen LogP contribution in [0.3, 0.4) is 0 Å². The van der Waals surface area contributed by atoms with E-state index in [1.165, 1.54) is 0 Å². The first kappa shape index (κ1) is 11.9. The molecule has 0 fully saturated rings. The monoisotopic (exact) mass is 222 g/mol. The van der Waals surface area contributed by atoms with Crippen LogP contribution in [0.1, 0.15) is 22.3 Å². The molecule has 0 aromatic heterocycles. The molecular formula is C12H14O2S. The Kier molecular flexibility index (Phi) is 4.98. The highest BCUT2D eigenvalue weighted by Gasteiger charge is 1.99. The highest BCUT2D eigenvalue weighted by atomic mass is 32.1.